The summed E-state index contributed by atoms with van der Waals surface area (Å²) in [5, 5.41) is 4.10. The third-order valence-corrected chi connectivity index (χ3v) is 2.78. The van der Waals surface area contributed by atoms with Crippen LogP contribution in [0.5, 0.6) is 0 Å². The van der Waals surface area contributed by atoms with Gasteiger partial charge < -0.3 is 10.5 Å². The number of amides is 1. The lowest BCUT2D eigenvalue weighted by atomic mass is 10.1. The van der Waals surface area contributed by atoms with E-state index >= 15 is 0 Å². The topological polar surface area (TPSA) is 87.2 Å². The maximum Gasteiger partial charge on any atom is 0.338 e. The Labute approximate surface area is 116 Å². The number of carbonyl (C=O) groups is 2. The summed E-state index contributed by atoms with van der Waals surface area (Å²) in [6.45, 7) is 2.06. The molecule has 0 radical (unpaired) electrons. The van der Waals surface area contributed by atoms with Crippen LogP contribution in [0.25, 0.3) is 0 Å². The number of carbonyl (C=O) groups excluding carboxylic acids is 2. The Balaban J connectivity index is 2.00. The predicted octanol–water partition coefficient (Wildman–Crippen LogP) is 0.962. The van der Waals surface area contributed by atoms with Crippen LogP contribution < -0.4 is 5.73 Å². The first kappa shape index (κ1) is 13.8. The van der Waals surface area contributed by atoms with Gasteiger partial charge in [0.1, 0.15) is 0 Å². The van der Waals surface area contributed by atoms with Crippen molar-refractivity contribution in [3.05, 3.63) is 53.9 Å². The molecule has 1 aromatic carbocycles. The summed E-state index contributed by atoms with van der Waals surface area (Å²) in [5.74, 6) is -1.24. The number of nitrogens with two attached hydrogens (primary N) is 1. The largest absolute Gasteiger partial charge is 0.449 e. The van der Waals surface area contributed by atoms with Crippen molar-refractivity contribution >= 4 is 11.9 Å². The van der Waals surface area contributed by atoms with E-state index in [0.717, 1.165) is 5.56 Å². The zero-order valence-corrected chi connectivity index (χ0v) is 11.0. The summed E-state index contributed by atoms with van der Waals surface area (Å²) in [6, 6.07) is 8.77. The van der Waals surface area contributed by atoms with Crippen molar-refractivity contribution in [2.75, 3.05) is 0 Å². The fourth-order valence-electron chi connectivity index (χ4n) is 1.61. The summed E-state index contributed by atoms with van der Waals surface area (Å²) in [7, 11) is 0. The molecular formula is C14H15N3O3. The zero-order valence-electron chi connectivity index (χ0n) is 11.0. The average Bonchev–Trinajstić information content (AvgIpc) is 2.92. The number of nitrogens with zero attached hydrogens (tertiary/aromatic N) is 2. The first-order valence-electron chi connectivity index (χ1n) is 6.13. The third kappa shape index (κ3) is 3.44. The molecule has 2 N–H and O–H groups in total. The lowest BCUT2D eigenvalue weighted by Gasteiger charge is -2.09. The Morgan fingerprint density at radius 1 is 1.35 bits per heavy atom. The van der Waals surface area contributed by atoms with Crippen LogP contribution in [-0.4, -0.2) is 27.8 Å². The molecule has 0 bridgehead atoms. The van der Waals surface area contributed by atoms with Gasteiger partial charge in [-0.25, -0.2) is 4.79 Å². The van der Waals surface area contributed by atoms with Gasteiger partial charge in [0.15, 0.2) is 6.10 Å². The van der Waals surface area contributed by atoms with Gasteiger partial charge in [-0.1, -0.05) is 12.1 Å². The minimum absolute atomic E-state index is 0.377. The number of benzene rings is 1. The Morgan fingerprint density at radius 3 is 2.60 bits per heavy atom. The standard InChI is InChI=1S/C14H15N3O3/c1-10(13(15)18)20-14(19)12-5-3-11(4-6-12)9-17-8-2-7-16-17/h2-8,10H,9H2,1H3,(H2,15,18)/t10-/m1/s1. The minimum atomic E-state index is -0.939. The third-order valence-electron chi connectivity index (χ3n) is 2.78. The highest BCUT2D eigenvalue weighted by Crippen LogP contribution is 2.08. The molecule has 0 aliphatic carbocycles. The fourth-order valence-corrected chi connectivity index (χ4v) is 1.61. The van der Waals surface area contributed by atoms with E-state index in [1.807, 2.05) is 24.4 Å². The highest BCUT2D eigenvalue weighted by Gasteiger charge is 2.15. The van der Waals surface area contributed by atoms with E-state index in [1.54, 1.807) is 23.0 Å². The van der Waals surface area contributed by atoms with Crippen molar-refractivity contribution in [1.82, 2.24) is 9.78 Å². The first-order valence-corrected chi connectivity index (χ1v) is 6.13. The molecule has 2 rings (SSSR count). The SMILES string of the molecule is C[C@@H](OC(=O)c1ccc(Cn2cccn2)cc1)C(N)=O. The molecule has 0 spiro atoms. The molecule has 1 amide bonds. The molecule has 1 aromatic heterocycles. The molecule has 1 heterocycles. The van der Waals surface area contributed by atoms with Gasteiger partial charge in [-0.3, -0.25) is 9.48 Å². The molecule has 6 heteroatoms. The fraction of sp³-hybridized carbons (Fsp3) is 0.214. The van der Waals surface area contributed by atoms with Crippen molar-refractivity contribution in [2.24, 2.45) is 5.73 Å². The molecule has 2 aromatic rings. The van der Waals surface area contributed by atoms with Gasteiger partial charge in [-0.05, 0) is 30.7 Å². The van der Waals surface area contributed by atoms with Crippen molar-refractivity contribution in [3.8, 4) is 0 Å². The van der Waals surface area contributed by atoms with E-state index in [9.17, 15) is 9.59 Å². The summed E-state index contributed by atoms with van der Waals surface area (Å²) >= 11 is 0. The molecule has 20 heavy (non-hydrogen) atoms. The molecular weight excluding hydrogens is 258 g/mol. The van der Waals surface area contributed by atoms with Crippen LogP contribution in [0.3, 0.4) is 0 Å². The van der Waals surface area contributed by atoms with Gasteiger partial charge in [0.2, 0.25) is 0 Å². The molecule has 0 fully saturated rings. The minimum Gasteiger partial charge on any atom is -0.449 e. The normalized spacial score (nSPS) is 11.8. The molecule has 6 nitrogen and oxygen atoms in total. The number of aromatic nitrogens is 2. The summed E-state index contributed by atoms with van der Waals surface area (Å²) < 4.78 is 6.69. The predicted molar refractivity (Wildman–Crippen MR) is 71.8 cm³/mol. The van der Waals surface area contributed by atoms with Crippen molar-refractivity contribution in [2.45, 2.75) is 19.6 Å². The molecule has 0 saturated heterocycles. The number of ether oxygens (including phenoxy) is 1. The molecule has 0 aliphatic heterocycles. The highest BCUT2D eigenvalue weighted by molar-refractivity contribution is 5.91. The number of esters is 1. The molecule has 0 aliphatic rings. The van der Waals surface area contributed by atoms with Crippen molar-refractivity contribution in [1.29, 1.82) is 0 Å². The lowest BCUT2D eigenvalue weighted by Crippen LogP contribution is -2.30. The van der Waals surface area contributed by atoms with E-state index in [4.69, 9.17) is 10.5 Å². The Hall–Kier alpha value is -2.63. The van der Waals surface area contributed by atoms with E-state index in [2.05, 4.69) is 5.10 Å². The van der Waals surface area contributed by atoms with E-state index in [0.29, 0.717) is 12.1 Å². The lowest BCUT2D eigenvalue weighted by molar-refractivity contribution is -0.125. The molecule has 0 saturated carbocycles. The van der Waals surface area contributed by atoms with Gasteiger partial charge >= 0.3 is 5.97 Å². The van der Waals surface area contributed by atoms with Crippen LogP contribution in [0.2, 0.25) is 0 Å². The summed E-state index contributed by atoms with van der Waals surface area (Å²) in [4.78, 5) is 22.6. The average molecular weight is 273 g/mol. The maximum atomic E-state index is 11.7. The van der Waals surface area contributed by atoms with Crippen molar-refractivity contribution in [3.63, 3.8) is 0 Å². The Morgan fingerprint density at radius 2 is 2.05 bits per heavy atom. The van der Waals surface area contributed by atoms with Gasteiger partial charge in [-0.2, -0.15) is 5.10 Å². The zero-order chi connectivity index (χ0) is 14.5. The van der Waals surface area contributed by atoms with E-state index < -0.39 is 18.0 Å². The van der Waals surface area contributed by atoms with Crippen LogP contribution >= 0.6 is 0 Å². The van der Waals surface area contributed by atoms with Gasteiger partial charge in [-0.15, -0.1) is 0 Å². The second kappa shape index (κ2) is 6.01. The van der Waals surface area contributed by atoms with Gasteiger partial charge in [0, 0.05) is 12.4 Å². The Bertz CT molecular complexity index is 591. The summed E-state index contributed by atoms with van der Waals surface area (Å²) in [5.41, 5.74) is 6.42. The van der Waals surface area contributed by atoms with Crippen LogP contribution in [0.1, 0.15) is 22.8 Å². The second-order valence-corrected chi connectivity index (χ2v) is 4.35. The number of hydrogen-bond donors (Lipinski definition) is 1. The maximum absolute atomic E-state index is 11.7. The van der Waals surface area contributed by atoms with E-state index in [1.165, 1.54) is 6.92 Å². The van der Waals surface area contributed by atoms with Gasteiger partial charge in [0.25, 0.3) is 5.91 Å². The smallest absolute Gasteiger partial charge is 0.338 e. The molecule has 1 atom stereocenters. The van der Waals surface area contributed by atoms with Crippen LogP contribution in [0.4, 0.5) is 0 Å². The van der Waals surface area contributed by atoms with Crippen LogP contribution in [0, 0.1) is 0 Å². The molecule has 0 unspecified atom stereocenters. The first-order chi connectivity index (χ1) is 9.56. The Kier molecular flexibility index (Phi) is 4.14. The number of hydrogen-bond acceptors (Lipinski definition) is 4. The van der Waals surface area contributed by atoms with Crippen molar-refractivity contribution < 1.29 is 14.3 Å². The van der Waals surface area contributed by atoms with Gasteiger partial charge in [0.05, 0.1) is 12.1 Å². The summed E-state index contributed by atoms with van der Waals surface area (Å²) in [6.07, 6.45) is 2.62. The number of primary amides is 1. The quantitative estimate of drug-likeness (QED) is 0.822. The monoisotopic (exact) mass is 273 g/mol. The molecule has 104 valence electrons. The van der Waals surface area contributed by atoms with Crippen LogP contribution in [0.15, 0.2) is 42.7 Å². The number of rotatable bonds is 5. The highest BCUT2D eigenvalue weighted by atomic mass is 16.5. The van der Waals surface area contributed by atoms with E-state index in [-0.39, 0.29) is 0 Å². The van der Waals surface area contributed by atoms with Crippen LogP contribution in [-0.2, 0) is 16.1 Å². The second-order valence-electron chi connectivity index (χ2n) is 4.35.